The van der Waals surface area contributed by atoms with E-state index in [4.69, 9.17) is 4.74 Å². The lowest BCUT2D eigenvalue weighted by Gasteiger charge is -2.27. The van der Waals surface area contributed by atoms with E-state index in [-0.39, 0.29) is 5.82 Å². The highest BCUT2D eigenvalue weighted by atomic mass is 19.1. The minimum atomic E-state index is -0.299. The van der Waals surface area contributed by atoms with Crippen molar-refractivity contribution in [2.24, 2.45) is 5.92 Å². The van der Waals surface area contributed by atoms with Crippen LogP contribution in [-0.2, 0) is 6.54 Å². The number of rotatable bonds is 5. The third-order valence-corrected chi connectivity index (χ3v) is 2.84. The van der Waals surface area contributed by atoms with Gasteiger partial charge >= 0.3 is 0 Å². The fourth-order valence-electron chi connectivity index (χ4n) is 1.73. The van der Waals surface area contributed by atoms with E-state index in [2.05, 4.69) is 10.6 Å². The van der Waals surface area contributed by atoms with Gasteiger partial charge in [0, 0.05) is 26.2 Å². The molecule has 88 valence electrons. The SMILES string of the molecule is COc1ccc(CNCC2CNC2)cc1F. The Hall–Kier alpha value is -1.13. The van der Waals surface area contributed by atoms with Crippen LogP contribution < -0.4 is 15.4 Å². The van der Waals surface area contributed by atoms with Gasteiger partial charge in [-0.05, 0) is 23.6 Å². The molecule has 4 heteroatoms. The van der Waals surface area contributed by atoms with Gasteiger partial charge in [-0.2, -0.15) is 0 Å². The number of methoxy groups -OCH3 is 1. The van der Waals surface area contributed by atoms with Gasteiger partial charge in [-0.25, -0.2) is 4.39 Å². The van der Waals surface area contributed by atoms with Crippen LogP contribution in [-0.4, -0.2) is 26.7 Å². The van der Waals surface area contributed by atoms with Gasteiger partial charge in [-0.1, -0.05) is 6.07 Å². The first-order valence-corrected chi connectivity index (χ1v) is 5.53. The Balaban J connectivity index is 1.81. The largest absolute Gasteiger partial charge is 0.494 e. The van der Waals surface area contributed by atoms with Gasteiger partial charge in [0.25, 0.3) is 0 Å². The summed E-state index contributed by atoms with van der Waals surface area (Å²) >= 11 is 0. The van der Waals surface area contributed by atoms with Gasteiger partial charge in [-0.3, -0.25) is 0 Å². The van der Waals surface area contributed by atoms with Crippen molar-refractivity contribution in [3.8, 4) is 5.75 Å². The molecule has 0 saturated carbocycles. The van der Waals surface area contributed by atoms with Crippen molar-refractivity contribution in [3.63, 3.8) is 0 Å². The molecule has 1 aliphatic rings. The lowest BCUT2D eigenvalue weighted by atomic mass is 10.0. The smallest absolute Gasteiger partial charge is 0.165 e. The summed E-state index contributed by atoms with van der Waals surface area (Å²) in [5, 5.41) is 6.54. The molecule has 3 nitrogen and oxygen atoms in total. The number of benzene rings is 1. The van der Waals surface area contributed by atoms with Crippen molar-refractivity contribution >= 4 is 0 Å². The minimum Gasteiger partial charge on any atom is -0.494 e. The van der Waals surface area contributed by atoms with Gasteiger partial charge in [0.05, 0.1) is 7.11 Å². The maximum Gasteiger partial charge on any atom is 0.165 e. The van der Waals surface area contributed by atoms with Crippen molar-refractivity contribution in [2.75, 3.05) is 26.7 Å². The normalized spacial score (nSPS) is 15.9. The lowest BCUT2D eigenvalue weighted by Crippen LogP contribution is -2.47. The first-order valence-electron chi connectivity index (χ1n) is 5.53. The summed E-state index contributed by atoms with van der Waals surface area (Å²) < 4.78 is 18.2. The zero-order valence-electron chi connectivity index (χ0n) is 9.42. The predicted molar refractivity (Wildman–Crippen MR) is 61.0 cm³/mol. The Kier molecular flexibility index (Phi) is 3.74. The Bertz CT molecular complexity index is 353. The van der Waals surface area contributed by atoms with Gasteiger partial charge in [-0.15, -0.1) is 0 Å². The van der Waals surface area contributed by atoms with E-state index in [1.165, 1.54) is 13.2 Å². The van der Waals surface area contributed by atoms with E-state index in [1.807, 2.05) is 6.07 Å². The lowest BCUT2D eigenvalue weighted by molar-refractivity contribution is 0.331. The van der Waals surface area contributed by atoms with Gasteiger partial charge in [0.1, 0.15) is 0 Å². The van der Waals surface area contributed by atoms with Crippen LogP contribution in [0, 0.1) is 11.7 Å². The monoisotopic (exact) mass is 224 g/mol. The molecule has 1 aromatic carbocycles. The molecule has 0 bridgehead atoms. The molecule has 1 fully saturated rings. The second-order valence-corrected chi connectivity index (χ2v) is 4.12. The van der Waals surface area contributed by atoms with Crippen LogP contribution in [0.15, 0.2) is 18.2 Å². The van der Waals surface area contributed by atoms with Crippen molar-refractivity contribution in [3.05, 3.63) is 29.6 Å². The Labute approximate surface area is 95.0 Å². The molecular formula is C12H17FN2O. The van der Waals surface area contributed by atoms with E-state index in [0.29, 0.717) is 12.3 Å². The number of nitrogens with one attached hydrogen (secondary N) is 2. The molecule has 16 heavy (non-hydrogen) atoms. The van der Waals surface area contributed by atoms with Crippen LogP contribution >= 0.6 is 0 Å². The number of hydrogen-bond acceptors (Lipinski definition) is 3. The average molecular weight is 224 g/mol. The molecule has 2 N–H and O–H groups in total. The van der Waals surface area contributed by atoms with E-state index in [0.717, 1.165) is 31.1 Å². The Morgan fingerprint density at radius 1 is 1.50 bits per heavy atom. The molecule has 1 aromatic rings. The summed E-state index contributed by atoms with van der Waals surface area (Å²) in [6.45, 7) is 3.87. The molecule has 0 amide bonds. The average Bonchev–Trinajstić information content (AvgIpc) is 2.22. The molecule has 0 unspecified atom stereocenters. The molecule has 0 aliphatic carbocycles. The van der Waals surface area contributed by atoms with E-state index >= 15 is 0 Å². The van der Waals surface area contributed by atoms with Crippen LogP contribution in [0.5, 0.6) is 5.75 Å². The fraction of sp³-hybridized carbons (Fsp3) is 0.500. The van der Waals surface area contributed by atoms with E-state index in [1.54, 1.807) is 6.07 Å². The van der Waals surface area contributed by atoms with Gasteiger partial charge < -0.3 is 15.4 Å². The topological polar surface area (TPSA) is 33.3 Å². The van der Waals surface area contributed by atoms with E-state index in [9.17, 15) is 4.39 Å². The van der Waals surface area contributed by atoms with Gasteiger partial charge in [0.2, 0.25) is 0 Å². The molecule has 1 aliphatic heterocycles. The van der Waals surface area contributed by atoms with Crippen molar-refractivity contribution in [1.29, 1.82) is 0 Å². The summed E-state index contributed by atoms with van der Waals surface area (Å²) in [5.41, 5.74) is 0.950. The van der Waals surface area contributed by atoms with Crippen molar-refractivity contribution in [2.45, 2.75) is 6.54 Å². The van der Waals surface area contributed by atoms with Crippen molar-refractivity contribution in [1.82, 2.24) is 10.6 Å². The van der Waals surface area contributed by atoms with E-state index < -0.39 is 0 Å². The zero-order valence-corrected chi connectivity index (χ0v) is 9.42. The fourth-order valence-corrected chi connectivity index (χ4v) is 1.73. The van der Waals surface area contributed by atoms with Gasteiger partial charge in [0.15, 0.2) is 11.6 Å². The summed E-state index contributed by atoms with van der Waals surface area (Å²) in [5.74, 6) is 0.724. The third kappa shape index (κ3) is 2.71. The Morgan fingerprint density at radius 3 is 2.88 bits per heavy atom. The van der Waals surface area contributed by atoms with Crippen LogP contribution in [0.4, 0.5) is 4.39 Å². The quantitative estimate of drug-likeness (QED) is 0.787. The second kappa shape index (κ2) is 5.27. The second-order valence-electron chi connectivity index (χ2n) is 4.12. The van der Waals surface area contributed by atoms with Crippen LogP contribution in [0.3, 0.4) is 0 Å². The standard InChI is InChI=1S/C12H17FN2O/c1-16-12-3-2-9(4-11(12)13)5-14-6-10-7-15-8-10/h2-4,10,14-15H,5-8H2,1H3. The van der Waals surface area contributed by atoms with Crippen molar-refractivity contribution < 1.29 is 9.13 Å². The number of ether oxygens (including phenoxy) is 1. The third-order valence-electron chi connectivity index (χ3n) is 2.84. The summed E-state index contributed by atoms with van der Waals surface area (Å²) in [6, 6.07) is 5.07. The summed E-state index contributed by atoms with van der Waals surface area (Å²) in [7, 11) is 1.47. The molecule has 1 heterocycles. The highest BCUT2D eigenvalue weighted by molar-refractivity contribution is 5.29. The molecule has 0 aromatic heterocycles. The highest BCUT2D eigenvalue weighted by Gasteiger charge is 2.15. The van der Waals surface area contributed by atoms with Crippen LogP contribution in [0.25, 0.3) is 0 Å². The highest BCUT2D eigenvalue weighted by Crippen LogP contribution is 2.17. The summed E-state index contributed by atoms with van der Waals surface area (Å²) in [6.07, 6.45) is 0. The molecule has 0 atom stereocenters. The molecule has 0 spiro atoms. The molecule has 0 radical (unpaired) electrons. The summed E-state index contributed by atoms with van der Waals surface area (Å²) in [4.78, 5) is 0. The predicted octanol–water partition coefficient (Wildman–Crippen LogP) is 1.14. The zero-order chi connectivity index (χ0) is 11.4. The maximum absolute atomic E-state index is 13.4. The van der Waals surface area contributed by atoms with Crippen LogP contribution in [0.2, 0.25) is 0 Å². The first kappa shape index (κ1) is 11.4. The first-order chi connectivity index (χ1) is 7.79. The van der Waals surface area contributed by atoms with Crippen LogP contribution in [0.1, 0.15) is 5.56 Å². The minimum absolute atomic E-state index is 0.298. The maximum atomic E-state index is 13.4. The number of halogens is 1. The Morgan fingerprint density at radius 2 is 2.31 bits per heavy atom. The number of hydrogen-bond donors (Lipinski definition) is 2. The molecule has 1 saturated heterocycles. The molecule has 2 rings (SSSR count). The molecular weight excluding hydrogens is 207 g/mol.